The van der Waals surface area contributed by atoms with E-state index in [9.17, 15) is 34.5 Å². The van der Waals surface area contributed by atoms with Crippen LogP contribution in [-0.2, 0) is 14.4 Å². The summed E-state index contributed by atoms with van der Waals surface area (Å²) < 4.78 is 6.46. The number of hydrogen-bond donors (Lipinski definition) is 6. The van der Waals surface area contributed by atoms with Gasteiger partial charge in [-0.2, -0.15) is 5.10 Å². The van der Waals surface area contributed by atoms with Gasteiger partial charge in [0.05, 0.1) is 40.0 Å². The number of β-amino-alcohol motifs (C(OH)–C–C–N with tert-alkyl or cyclic N) is 1. The van der Waals surface area contributed by atoms with Crippen LogP contribution in [-0.4, -0.2) is 86.4 Å². The Kier molecular flexibility index (Phi) is 13.2. The maximum Gasteiger partial charge on any atom is 0.273 e. The molecule has 1 saturated heterocycles. The van der Waals surface area contributed by atoms with Crippen LogP contribution < -0.4 is 20.8 Å². The van der Waals surface area contributed by atoms with Gasteiger partial charge in [-0.1, -0.05) is 45.0 Å². The molecule has 0 spiro atoms. The predicted octanol–water partition coefficient (Wildman–Crippen LogP) is 6.92. The van der Waals surface area contributed by atoms with Crippen molar-refractivity contribution in [2.45, 2.75) is 65.3 Å². The van der Waals surface area contributed by atoms with Crippen molar-refractivity contribution in [3.05, 3.63) is 119 Å². The molecule has 6 N–H and O–H groups in total. The number of aromatic hydroxyl groups is 2. The SMILES string of the molecule is Cc1ncsc1-c1ccc(C(C)NC(=O)C2CC(O)CN2C(=O)C(NC(=O)COc2ccc(C=NNC(=O)c3c(-c4ccc(O)cc4)sc4cc(O)ccc34)cc2)C(C)(C)C)cc1. The normalized spacial score (nSPS) is 16.2. The molecule has 2 aromatic heterocycles. The average molecular weight is 889 g/mol. The summed E-state index contributed by atoms with van der Waals surface area (Å²) in [5, 5.41) is 41.1. The number of carbonyl (C=O) groups is 4. The van der Waals surface area contributed by atoms with Crippen molar-refractivity contribution in [1.82, 2.24) is 25.9 Å². The van der Waals surface area contributed by atoms with Gasteiger partial charge in [0.25, 0.3) is 11.8 Å². The average Bonchev–Trinajstić information content (AvgIpc) is 3.98. The third-order valence-corrected chi connectivity index (χ3v) is 12.9. The third kappa shape index (κ3) is 10.4. The number of phenolic OH excluding ortho intramolecular Hbond substituents is 2. The summed E-state index contributed by atoms with van der Waals surface area (Å²) in [7, 11) is 0. The molecule has 0 radical (unpaired) electrons. The summed E-state index contributed by atoms with van der Waals surface area (Å²) in [4.78, 5) is 61.9. The number of likely N-dealkylation sites (tertiary alicyclic amines) is 1. The number of fused-ring (bicyclic) bond motifs is 1. The molecule has 326 valence electrons. The van der Waals surface area contributed by atoms with Gasteiger partial charge in [-0.25, -0.2) is 10.4 Å². The first-order valence-corrected chi connectivity index (χ1v) is 21.9. The molecule has 4 aromatic carbocycles. The summed E-state index contributed by atoms with van der Waals surface area (Å²) in [6, 6.07) is 23.5. The van der Waals surface area contributed by atoms with Crippen LogP contribution in [0.15, 0.2) is 102 Å². The molecule has 6 aromatic rings. The Balaban J connectivity index is 0.936. The lowest BCUT2D eigenvalue weighted by atomic mass is 9.85. The lowest BCUT2D eigenvalue weighted by molar-refractivity contribution is -0.144. The first-order valence-electron chi connectivity index (χ1n) is 20.3. The highest BCUT2D eigenvalue weighted by molar-refractivity contribution is 7.22. The van der Waals surface area contributed by atoms with Crippen molar-refractivity contribution >= 4 is 62.6 Å². The number of hydrogen-bond acceptors (Lipinski definition) is 12. The molecule has 1 aliphatic heterocycles. The van der Waals surface area contributed by atoms with E-state index in [4.69, 9.17) is 4.74 Å². The Bertz CT molecular complexity index is 2650. The van der Waals surface area contributed by atoms with E-state index < -0.39 is 53.8 Å². The van der Waals surface area contributed by atoms with Crippen LogP contribution >= 0.6 is 22.7 Å². The minimum absolute atomic E-state index is 0.0520. The molecule has 0 saturated carbocycles. The highest BCUT2D eigenvalue weighted by atomic mass is 32.1. The number of aryl methyl sites for hydroxylation is 1. The first kappa shape index (κ1) is 44.4. The van der Waals surface area contributed by atoms with Crippen LogP contribution in [0.25, 0.3) is 31.0 Å². The summed E-state index contributed by atoms with van der Waals surface area (Å²) in [6.07, 6.45) is 0.614. The van der Waals surface area contributed by atoms with E-state index in [1.54, 1.807) is 65.4 Å². The zero-order valence-corrected chi connectivity index (χ0v) is 36.9. The fourth-order valence-corrected chi connectivity index (χ4v) is 9.42. The molecule has 63 heavy (non-hydrogen) atoms. The van der Waals surface area contributed by atoms with Gasteiger partial charge in [0.1, 0.15) is 29.3 Å². The summed E-state index contributed by atoms with van der Waals surface area (Å²) in [5.41, 5.74) is 8.23. The minimum Gasteiger partial charge on any atom is -0.508 e. The number of rotatable bonds is 13. The molecule has 0 bridgehead atoms. The van der Waals surface area contributed by atoms with Crippen molar-refractivity contribution in [3.63, 3.8) is 0 Å². The molecule has 7 rings (SSSR count). The van der Waals surface area contributed by atoms with E-state index in [1.165, 1.54) is 40.7 Å². The largest absolute Gasteiger partial charge is 0.508 e. The number of aliphatic hydroxyl groups is 1. The molecule has 3 heterocycles. The van der Waals surface area contributed by atoms with E-state index in [-0.39, 0.29) is 30.5 Å². The van der Waals surface area contributed by atoms with Gasteiger partial charge in [-0.05, 0) is 108 Å². The molecule has 14 nitrogen and oxygen atoms in total. The van der Waals surface area contributed by atoms with E-state index in [0.717, 1.165) is 27.3 Å². The number of benzene rings is 4. The van der Waals surface area contributed by atoms with E-state index in [0.29, 0.717) is 31.8 Å². The molecule has 4 amide bonds. The zero-order valence-electron chi connectivity index (χ0n) is 35.3. The second-order valence-corrected chi connectivity index (χ2v) is 18.4. The molecule has 16 heteroatoms. The zero-order chi connectivity index (χ0) is 45.0. The van der Waals surface area contributed by atoms with Gasteiger partial charge in [-0.3, -0.25) is 19.2 Å². The van der Waals surface area contributed by atoms with Crippen LogP contribution in [0.1, 0.15) is 67.3 Å². The van der Waals surface area contributed by atoms with Crippen molar-refractivity contribution in [3.8, 4) is 38.1 Å². The molecular weight excluding hydrogens is 841 g/mol. The first-order chi connectivity index (χ1) is 30.0. The molecule has 1 fully saturated rings. The van der Waals surface area contributed by atoms with E-state index in [2.05, 4.69) is 26.1 Å². The number of nitrogens with zero attached hydrogens (tertiary/aromatic N) is 3. The maximum atomic E-state index is 14.1. The quantitative estimate of drug-likeness (QED) is 0.0526. The van der Waals surface area contributed by atoms with Crippen LogP contribution in [0.4, 0.5) is 0 Å². The fourth-order valence-electron chi connectivity index (χ4n) is 7.37. The van der Waals surface area contributed by atoms with E-state index >= 15 is 0 Å². The Morgan fingerprint density at radius 2 is 1.59 bits per heavy atom. The van der Waals surface area contributed by atoms with Gasteiger partial charge in [0, 0.05) is 27.9 Å². The molecule has 1 aliphatic rings. The van der Waals surface area contributed by atoms with Gasteiger partial charge >= 0.3 is 0 Å². The number of nitrogens with one attached hydrogen (secondary N) is 3. The number of thiophene rings is 1. The smallest absolute Gasteiger partial charge is 0.273 e. The molecule has 4 unspecified atom stereocenters. The summed E-state index contributed by atoms with van der Waals surface area (Å²) in [5.74, 6) is -1.35. The van der Waals surface area contributed by atoms with Crippen molar-refractivity contribution in [2.24, 2.45) is 10.5 Å². The lowest BCUT2D eigenvalue weighted by Crippen LogP contribution is -2.58. The maximum absolute atomic E-state index is 14.1. The number of hydrazone groups is 1. The van der Waals surface area contributed by atoms with Crippen molar-refractivity contribution < 1.29 is 39.2 Å². The number of phenols is 2. The second kappa shape index (κ2) is 18.8. The van der Waals surface area contributed by atoms with Gasteiger partial charge in [-0.15, -0.1) is 22.7 Å². The monoisotopic (exact) mass is 888 g/mol. The van der Waals surface area contributed by atoms with Crippen LogP contribution in [0.5, 0.6) is 17.2 Å². The second-order valence-electron chi connectivity index (χ2n) is 16.5. The minimum atomic E-state index is -1.03. The Morgan fingerprint density at radius 1 is 0.921 bits per heavy atom. The summed E-state index contributed by atoms with van der Waals surface area (Å²) >= 11 is 2.90. The number of aromatic nitrogens is 1. The molecule has 4 atom stereocenters. The van der Waals surface area contributed by atoms with Crippen LogP contribution in [0, 0.1) is 12.3 Å². The third-order valence-electron chi connectivity index (χ3n) is 10.7. The number of ether oxygens (including phenoxy) is 1. The highest BCUT2D eigenvalue weighted by Gasteiger charge is 2.44. The molecule has 0 aliphatic carbocycles. The fraction of sp³-hybridized carbons (Fsp3) is 0.277. The number of carbonyl (C=O) groups excluding carboxylic acids is 4. The highest BCUT2D eigenvalue weighted by Crippen LogP contribution is 2.40. The Labute approximate surface area is 372 Å². The number of aliphatic hydroxyl groups excluding tert-OH is 1. The van der Waals surface area contributed by atoms with Crippen molar-refractivity contribution in [2.75, 3.05) is 13.2 Å². The number of thiazole rings is 1. The van der Waals surface area contributed by atoms with Crippen LogP contribution in [0.2, 0.25) is 0 Å². The van der Waals surface area contributed by atoms with Gasteiger partial charge in [0.2, 0.25) is 11.8 Å². The predicted molar refractivity (Wildman–Crippen MR) is 244 cm³/mol. The standard InChI is InChI=1S/C47H48N6O8S2/c1-26(29-8-10-30(11-9-29)41-27(2)48-25-62-41)50-44(58)37-20-34(56)23-53(37)46(60)43(47(3,4)5)51-39(57)24-61-35-17-6-28(7-18-35)22-49-52-45(59)40-36-19-16-33(55)21-38(36)63-42(40)31-12-14-32(54)15-13-31/h6-19,21-22,25-26,34,37,43,54-56H,20,23-24H2,1-5H3,(H,50,58)(H,51,57)(H,52,59). The van der Waals surface area contributed by atoms with Gasteiger partial charge in [0.15, 0.2) is 6.61 Å². The summed E-state index contributed by atoms with van der Waals surface area (Å²) in [6.45, 7) is 8.80. The molecular formula is C47H48N6O8S2. The Morgan fingerprint density at radius 3 is 2.25 bits per heavy atom. The van der Waals surface area contributed by atoms with Crippen molar-refractivity contribution in [1.29, 1.82) is 0 Å². The number of amides is 4. The Hall–Kier alpha value is -6.62. The topological polar surface area (TPSA) is 203 Å². The lowest BCUT2D eigenvalue weighted by Gasteiger charge is -2.35. The van der Waals surface area contributed by atoms with E-state index in [1.807, 2.05) is 58.9 Å². The van der Waals surface area contributed by atoms with Crippen LogP contribution in [0.3, 0.4) is 0 Å². The van der Waals surface area contributed by atoms with Gasteiger partial charge < -0.3 is 35.6 Å².